The molecule has 0 saturated carbocycles. The molecule has 1 aromatic heterocycles. The van der Waals surface area contributed by atoms with Crippen molar-refractivity contribution < 1.29 is 5.11 Å². The van der Waals surface area contributed by atoms with Gasteiger partial charge in [0.05, 0.1) is 12.0 Å². The molecule has 0 aliphatic heterocycles. The molecule has 0 aliphatic rings. The second kappa shape index (κ2) is 7.82. The molecule has 2 rings (SSSR count). The van der Waals surface area contributed by atoms with Gasteiger partial charge < -0.3 is 9.67 Å². The number of halogens is 2. The monoisotopic (exact) mass is 338 g/mol. The van der Waals surface area contributed by atoms with Gasteiger partial charge in [0.2, 0.25) is 0 Å². The summed E-state index contributed by atoms with van der Waals surface area (Å²) in [4.78, 5) is 4.07. The molecule has 0 fully saturated rings. The van der Waals surface area contributed by atoms with Crippen molar-refractivity contribution in [2.24, 2.45) is 5.92 Å². The van der Waals surface area contributed by atoms with Gasteiger partial charge in [0.25, 0.3) is 0 Å². The van der Waals surface area contributed by atoms with Crippen molar-refractivity contribution in [1.82, 2.24) is 9.55 Å². The third-order valence-electron chi connectivity index (χ3n) is 3.80. The van der Waals surface area contributed by atoms with Gasteiger partial charge >= 0.3 is 0 Å². The van der Waals surface area contributed by atoms with Crippen LogP contribution in [0.4, 0.5) is 0 Å². The minimum Gasteiger partial charge on any atom is -0.382 e. The fraction of sp³-hybridized carbons (Fsp3) is 0.353. The first-order chi connectivity index (χ1) is 10.6. The zero-order valence-corrected chi connectivity index (χ0v) is 14.2. The molecule has 1 heterocycles. The van der Waals surface area contributed by atoms with Crippen LogP contribution in [0.25, 0.3) is 5.70 Å². The molecule has 1 unspecified atom stereocenters. The third-order valence-corrected chi connectivity index (χ3v) is 4.36. The maximum atomic E-state index is 10.8. The standard InChI is InChI=1S/C17H20Cl2N2O/c1-3-12(4-2)9-16(21-8-7-20-11-21)17(22)14-6-5-13(18)10-15(14)19/h5-12,17,22H,3-4H2,1-2H3. The maximum absolute atomic E-state index is 10.8. The van der Waals surface area contributed by atoms with Crippen molar-refractivity contribution in [2.45, 2.75) is 32.8 Å². The van der Waals surface area contributed by atoms with E-state index in [1.54, 1.807) is 30.7 Å². The summed E-state index contributed by atoms with van der Waals surface area (Å²) in [6.45, 7) is 4.27. The molecule has 0 saturated heterocycles. The highest BCUT2D eigenvalue weighted by Crippen LogP contribution is 2.33. The van der Waals surface area contributed by atoms with Gasteiger partial charge in [-0.2, -0.15) is 0 Å². The Balaban J connectivity index is 2.44. The van der Waals surface area contributed by atoms with Crippen LogP contribution in [0, 0.1) is 5.92 Å². The first-order valence-electron chi connectivity index (χ1n) is 7.39. The SMILES string of the molecule is CCC(C=C(C(O)c1ccc(Cl)cc1Cl)n1ccnc1)CC. The van der Waals surface area contributed by atoms with Crippen LogP contribution in [0.15, 0.2) is 43.0 Å². The van der Waals surface area contributed by atoms with E-state index in [0.717, 1.165) is 18.5 Å². The number of rotatable bonds is 6. The maximum Gasteiger partial charge on any atom is 0.120 e. The Morgan fingerprint density at radius 3 is 2.59 bits per heavy atom. The average Bonchev–Trinajstić information content (AvgIpc) is 3.02. The molecule has 1 aromatic carbocycles. The summed E-state index contributed by atoms with van der Waals surface area (Å²) in [7, 11) is 0. The van der Waals surface area contributed by atoms with Crippen LogP contribution >= 0.6 is 23.2 Å². The molecule has 3 nitrogen and oxygen atoms in total. The number of aliphatic hydroxyl groups is 1. The molecule has 118 valence electrons. The zero-order valence-electron chi connectivity index (χ0n) is 12.7. The topological polar surface area (TPSA) is 38.0 Å². The lowest BCUT2D eigenvalue weighted by Crippen LogP contribution is -2.09. The first kappa shape index (κ1) is 17.1. The van der Waals surface area contributed by atoms with Gasteiger partial charge in [0.15, 0.2) is 0 Å². The summed E-state index contributed by atoms with van der Waals surface area (Å²) >= 11 is 12.2. The number of hydrogen-bond acceptors (Lipinski definition) is 2. The molecule has 1 atom stereocenters. The number of nitrogens with zero attached hydrogens (tertiary/aromatic N) is 2. The third kappa shape index (κ3) is 3.92. The van der Waals surface area contributed by atoms with Gasteiger partial charge in [-0.3, -0.25) is 0 Å². The van der Waals surface area contributed by atoms with Gasteiger partial charge in [-0.25, -0.2) is 4.98 Å². The molecule has 0 amide bonds. The van der Waals surface area contributed by atoms with Crippen LogP contribution in [0.5, 0.6) is 0 Å². The minimum atomic E-state index is -0.834. The van der Waals surface area contributed by atoms with Crippen molar-refractivity contribution in [2.75, 3.05) is 0 Å². The normalized spacial score (nSPS) is 13.6. The lowest BCUT2D eigenvalue weighted by Gasteiger charge is -2.20. The predicted octanol–water partition coefficient (Wildman–Crippen LogP) is 5.20. The summed E-state index contributed by atoms with van der Waals surface area (Å²) in [5, 5.41) is 11.8. The average molecular weight is 339 g/mol. The number of benzene rings is 1. The Morgan fingerprint density at radius 1 is 1.32 bits per heavy atom. The van der Waals surface area contributed by atoms with Crippen molar-refractivity contribution in [3.8, 4) is 0 Å². The Morgan fingerprint density at radius 2 is 2.05 bits per heavy atom. The highest BCUT2D eigenvalue weighted by molar-refractivity contribution is 6.35. The van der Waals surface area contributed by atoms with Crippen LogP contribution in [0.2, 0.25) is 10.0 Å². The number of aliphatic hydroxyl groups excluding tert-OH is 1. The van der Waals surface area contributed by atoms with Gasteiger partial charge in [-0.15, -0.1) is 0 Å². The molecule has 5 heteroatoms. The molecule has 0 aliphatic carbocycles. The van der Waals surface area contributed by atoms with E-state index >= 15 is 0 Å². The molecule has 22 heavy (non-hydrogen) atoms. The summed E-state index contributed by atoms with van der Waals surface area (Å²) in [5.41, 5.74) is 1.40. The van der Waals surface area contributed by atoms with Crippen LogP contribution in [0.1, 0.15) is 38.4 Å². The Kier molecular flexibility index (Phi) is 6.07. The van der Waals surface area contributed by atoms with E-state index in [1.807, 2.05) is 10.8 Å². The van der Waals surface area contributed by atoms with Crippen molar-refractivity contribution in [3.05, 3.63) is 58.6 Å². The lowest BCUT2D eigenvalue weighted by atomic mass is 9.98. The van der Waals surface area contributed by atoms with E-state index in [2.05, 4.69) is 24.9 Å². The van der Waals surface area contributed by atoms with Gasteiger partial charge in [0.1, 0.15) is 6.10 Å². The summed E-state index contributed by atoms with van der Waals surface area (Å²) in [6.07, 6.45) is 8.47. The number of imidazole rings is 1. The Labute approximate surface area is 141 Å². The van der Waals surface area contributed by atoms with Gasteiger partial charge in [-0.05, 0) is 30.9 Å². The first-order valence-corrected chi connectivity index (χ1v) is 8.15. The van der Waals surface area contributed by atoms with E-state index in [9.17, 15) is 5.11 Å². The van der Waals surface area contributed by atoms with Crippen LogP contribution in [0.3, 0.4) is 0 Å². The second-order valence-electron chi connectivity index (χ2n) is 5.21. The molecule has 1 N–H and O–H groups in total. The van der Waals surface area contributed by atoms with Crippen LogP contribution < -0.4 is 0 Å². The Hall–Kier alpha value is -1.29. The zero-order chi connectivity index (χ0) is 16.1. The smallest absolute Gasteiger partial charge is 0.120 e. The van der Waals surface area contributed by atoms with Crippen LogP contribution in [-0.4, -0.2) is 14.7 Å². The lowest BCUT2D eigenvalue weighted by molar-refractivity contribution is 0.231. The quantitative estimate of drug-likeness (QED) is 0.785. The Bertz CT molecular complexity index is 634. The van der Waals surface area contributed by atoms with Crippen molar-refractivity contribution in [1.29, 1.82) is 0 Å². The van der Waals surface area contributed by atoms with E-state index in [0.29, 0.717) is 21.5 Å². The molecule has 0 spiro atoms. The number of aromatic nitrogens is 2. The summed E-state index contributed by atoms with van der Waals surface area (Å²) in [6, 6.07) is 5.13. The molecule has 2 aromatic rings. The number of allylic oxidation sites excluding steroid dienone is 1. The summed E-state index contributed by atoms with van der Waals surface area (Å²) in [5.74, 6) is 0.387. The fourth-order valence-corrected chi connectivity index (χ4v) is 2.89. The minimum absolute atomic E-state index is 0.387. The molecule has 0 bridgehead atoms. The van der Waals surface area contributed by atoms with Crippen LogP contribution in [-0.2, 0) is 0 Å². The highest BCUT2D eigenvalue weighted by atomic mass is 35.5. The summed E-state index contributed by atoms with van der Waals surface area (Å²) < 4.78 is 1.83. The van der Waals surface area contributed by atoms with Gasteiger partial charge in [-0.1, -0.05) is 49.2 Å². The van der Waals surface area contributed by atoms with Crippen molar-refractivity contribution >= 4 is 28.9 Å². The predicted molar refractivity (Wildman–Crippen MR) is 92.0 cm³/mol. The van der Waals surface area contributed by atoms with E-state index in [1.165, 1.54) is 0 Å². The second-order valence-corrected chi connectivity index (χ2v) is 6.05. The van der Waals surface area contributed by atoms with Crippen molar-refractivity contribution in [3.63, 3.8) is 0 Å². The van der Waals surface area contributed by atoms with E-state index < -0.39 is 6.10 Å². The van der Waals surface area contributed by atoms with Gasteiger partial charge in [0, 0.05) is 28.0 Å². The number of hydrogen-bond donors (Lipinski definition) is 1. The molecule has 0 radical (unpaired) electrons. The largest absolute Gasteiger partial charge is 0.382 e. The molecular formula is C17H20Cl2N2O. The fourth-order valence-electron chi connectivity index (χ4n) is 2.38. The highest BCUT2D eigenvalue weighted by Gasteiger charge is 2.19. The van der Waals surface area contributed by atoms with E-state index in [-0.39, 0.29) is 0 Å². The van der Waals surface area contributed by atoms with E-state index in [4.69, 9.17) is 23.2 Å². The molecular weight excluding hydrogens is 319 g/mol.